The van der Waals surface area contributed by atoms with Gasteiger partial charge in [-0.15, -0.1) is 0 Å². The second kappa shape index (κ2) is 16.0. The molecule has 7 rings (SSSR count). The summed E-state index contributed by atoms with van der Waals surface area (Å²) in [5, 5.41) is -0.812. The molecular formula is C42H44N4O5S. The molecule has 5 aromatic rings. The first-order valence-corrected chi connectivity index (χ1v) is 19.5. The zero-order chi connectivity index (χ0) is 35.9. The third-order valence-electron chi connectivity index (χ3n) is 10.1. The number of hydrogen-bond acceptors (Lipinski definition) is 6. The number of allylic oxidation sites excluding steroid dienone is 3. The van der Waals surface area contributed by atoms with Crippen LogP contribution in [-0.2, 0) is 34.3 Å². The fraction of sp³-hybridized carbons (Fsp3) is 0.286. The predicted molar refractivity (Wildman–Crippen MR) is 204 cm³/mol. The summed E-state index contributed by atoms with van der Waals surface area (Å²) in [6.07, 6.45) is 8.58. The second-order valence-electron chi connectivity index (χ2n) is 13.6. The van der Waals surface area contributed by atoms with Crippen LogP contribution in [0.2, 0.25) is 0 Å². The van der Waals surface area contributed by atoms with E-state index in [-0.39, 0.29) is 24.8 Å². The quantitative estimate of drug-likeness (QED) is 0.139. The minimum Gasteiger partial charge on any atom is -0.448 e. The number of fused-ring (bicyclic) bond motifs is 1. The molecule has 9 nitrogen and oxygen atoms in total. The van der Waals surface area contributed by atoms with E-state index in [1.165, 1.54) is 11.1 Å². The van der Waals surface area contributed by atoms with Gasteiger partial charge in [-0.25, -0.2) is 18.0 Å². The number of likely N-dealkylation sites (tertiary alicyclic amines) is 1. The van der Waals surface area contributed by atoms with Gasteiger partial charge in [-0.05, 0) is 54.5 Å². The second-order valence-corrected chi connectivity index (χ2v) is 15.6. The number of hydrogen-bond donors (Lipinski definition) is 0. The molecule has 4 aromatic carbocycles. The molecule has 268 valence electrons. The van der Waals surface area contributed by atoms with Crippen LogP contribution in [0.5, 0.6) is 0 Å². The van der Waals surface area contributed by atoms with Crippen molar-refractivity contribution in [3.63, 3.8) is 0 Å². The Labute approximate surface area is 305 Å². The van der Waals surface area contributed by atoms with Crippen LogP contribution in [0, 0.1) is 0 Å². The molecule has 1 saturated heterocycles. The summed E-state index contributed by atoms with van der Waals surface area (Å²) in [5.41, 5.74) is 3.91. The normalized spacial score (nSPS) is 17.1. The molecule has 2 aliphatic rings. The molecule has 0 bridgehead atoms. The van der Waals surface area contributed by atoms with Crippen LogP contribution in [0.3, 0.4) is 0 Å². The van der Waals surface area contributed by atoms with Gasteiger partial charge in [-0.3, -0.25) is 9.47 Å². The molecule has 0 spiro atoms. The van der Waals surface area contributed by atoms with Crippen LogP contribution >= 0.6 is 0 Å². The first-order chi connectivity index (χ1) is 25.4. The molecule has 0 saturated carbocycles. The fourth-order valence-corrected chi connectivity index (χ4v) is 9.00. The lowest BCUT2D eigenvalue weighted by Crippen LogP contribution is -2.44. The summed E-state index contributed by atoms with van der Waals surface area (Å²) in [4.78, 5) is 31.7. The van der Waals surface area contributed by atoms with Gasteiger partial charge in [0.1, 0.15) is 11.9 Å². The van der Waals surface area contributed by atoms with Gasteiger partial charge in [-0.2, -0.15) is 3.97 Å². The van der Waals surface area contributed by atoms with Gasteiger partial charge < -0.3 is 9.64 Å². The average Bonchev–Trinajstić information content (AvgIpc) is 3.50. The number of benzene rings is 4. The summed E-state index contributed by atoms with van der Waals surface area (Å²) >= 11 is 0. The van der Waals surface area contributed by atoms with E-state index in [2.05, 4.69) is 41.3 Å². The lowest BCUT2D eigenvalue weighted by molar-refractivity contribution is 0.0518. The number of piperidine rings is 1. The molecule has 1 amide bonds. The largest absolute Gasteiger partial charge is 0.448 e. The van der Waals surface area contributed by atoms with E-state index >= 15 is 0 Å². The lowest BCUT2D eigenvalue weighted by atomic mass is 10.0. The molecule has 0 radical (unpaired) electrons. The Morgan fingerprint density at radius 3 is 1.88 bits per heavy atom. The van der Waals surface area contributed by atoms with Crippen molar-refractivity contribution in [1.82, 2.24) is 18.3 Å². The van der Waals surface area contributed by atoms with Crippen molar-refractivity contribution in [2.75, 3.05) is 19.7 Å². The van der Waals surface area contributed by atoms with Crippen molar-refractivity contribution in [2.45, 2.75) is 56.1 Å². The Morgan fingerprint density at radius 1 is 0.750 bits per heavy atom. The van der Waals surface area contributed by atoms with Crippen LogP contribution in [-0.4, -0.2) is 63.8 Å². The van der Waals surface area contributed by atoms with E-state index in [0.29, 0.717) is 62.9 Å². The summed E-state index contributed by atoms with van der Waals surface area (Å²) in [6, 6.07) is 37.7. The molecule has 1 fully saturated rings. The third kappa shape index (κ3) is 7.83. The topological polar surface area (TPSA) is 93.8 Å². The van der Waals surface area contributed by atoms with Crippen LogP contribution in [0.4, 0.5) is 4.79 Å². The number of aromatic nitrogens is 2. The number of carbonyl (C=O) groups is 1. The van der Waals surface area contributed by atoms with Gasteiger partial charge in [0.25, 0.3) is 0 Å². The molecule has 1 aliphatic heterocycles. The zero-order valence-electron chi connectivity index (χ0n) is 29.1. The zero-order valence-corrected chi connectivity index (χ0v) is 29.9. The van der Waals surface area contributed by atoms with E-state index in [9.17, 15) is 18.0 Å². The number of para-hydroxylation sites is 2. The highest BCUT2D eigenvalue weighted by molar-refractivity contribution is 7.90. The van der Waals surface area contributed by atoms with Crippen molar-refractivity contribution >= 4 is 27.1 Å². The predicted octanol–water partition coefficient (Wildman–Crippen LogP) is 6.95. The molecule has 1 aromatic heterocycles. The maximum absolute atomic E-state index is 13.9. The maximum atomic E-state index is 13.9. The third-order valence-corrected chi connectivity index (χ3v) is 12.1. The molecule has 10 heteroatoms. The van der Waals surface area contributed by atoms with Crippen LogP contribution in [0.15, 0.2) is 144 Å². The monoisotopic (exact) mass is 716 g/mol. The fourth-order valence-electron chi connectivity index (χ4n) is 7.35. The summed E-state index contributed by atoms with van der Waals surface area (Å²) in [6.45, 7) is 2.38. The minimum atomic E-state index is -3.99. The molecule has 0 N–H and O–H groups in total. The number of amides is 1. The van der Waals surface area contributed by atoms with Crippen LogP contribution in [0.25, 0.3) is 11.0 Å². The summed E-state index contributed by atoms with van der Waals surface area (Å²) in [5.74, 6) is 0. The van der Waals surface area contributed by atoms with Crippen LogP contribution < -0.4 is 5.69 Å². The average molecular weight is 717 g/mol. The highest BCUT2D eigenvalue weighted by Gasteiger charge is 2.34. The van der Waals surface area contributed by atoms with E-state index in [1.807, 2.05) is 66.7 Å². The first-order valence-electron chi connectivity index (χ1n) is 18.0. The summed E-state index contributed by atoms with van der Waals surface area (Å²) < 4.78 is 36.2. The molecule has 2 unspecified atom stereocenters. The van der Waals surface area contributed by atoms with Gasteiger partial charge in [0.15, 0.2) is 0 Å². The van der Waals surface area contributed by atoms with Gasteiger partial charge in [-0.1, -0.05) is 127 Å². The number of ether oxygens (including phenoxy) is 1. The van der Waals surface area contributed by atoms with E-state index < -0.39 is 21.0 Å². The number of imidazole rings is 1. The van der Waals surface area contributed by atoms with E-state index in [1.54, 1.807) is 45.9 Å². The maximum Gasteiger partial charge on any atom is 0.409 e. The molecule has 2 heterocycles. The van der Waals surface area contributed by atoms with Gasteiger partial charge in [0.2, 0.25) is 10.0 Å². The standard InChI is InChI=1S/C42H44N4O5S/c47-41-45(39-23-13-14-24-40(39)46(41)52(49,50)38-21-11-4-12-22-38)36-25-27-43(28-26-36)42(48)51-32-37(29-33-15-5-1-6-16-33)44(30-34-17-7-2-8-18-34)31-35-19-9-3-10-20-35/h1-21,23-24,36-38H,22,25-32H2. The van der Waals surface area contributed by atoms with Crippen molar-refractivity contribution in [3.05, 3.63) is 167 Å². The Balaban J connectivity index is 1.07. The van der Waals surface area contributed by atoms with Crippen LogP contribution in [0.1, 0.15) is 42.0 Å². The molecule has 52 heavy (non-hydrogen) atoms. The van der Waals surface area contributed by atoms with Gasteiger partial charge in [0.05, 0.1) is 11.0 Å². The number of carbonyl (C=O) groups excluding carboxylic acids is 1. The number of nitrogens with zero attached hydrogens (tertiary/aromatic N) is 4. The van der Waals surface area contributed by atoms with Crippen molar-refractivity contribution < 1.29 is 17.9 Å². The highest BCUT2D eigenvalue weighted by atomic mass is 32.2. The SMILES string of the molecule is O=C(OCC(Cc1ccccc1)N(Cc1ccccc1)Cc1ccccc1)N1CCC(n2c(=O)n(S(=O)(=O)C3C=CC=CC3)c3ccccc32)CC1. The summed E-state index contributed by atoms with van der Waals surface area (Å²) in [7, 11) is -3.99. The van der Waals surface area contributed by atoms with Gasteiger partial charge >= 0.3 is 11.8 Å². The van der Waals surface area contributed by atoms with Crippen molar-refractivity contribution in [2.24, 2.45) is 0 Å². The first kappa shape index (κ1) is 35.2. The molecular weight excluding hydrogens is 673 g/mol. The van der Waals surface area contributed by atoms with Crippen molar-refractivity contribution in [3.8, 4) is 0 Å². The van der Waals surface area contributed by atoms with E-state index in [0.717, 1.165) is 9.54 Å². The highest BCUT2D eigenvalue weighted by Crippen LogP contribution is 2.28. The Bertz CT molecular complexity index is 2150. The Morgan fingerprint density at radius 2 is 1.31 bits per heavy atom. The Kier molecular flexibility index (Phi) is 10.8. The van der Waals surface area contributed by atoms with Gasteiger partial charge in [0, 0.05) is 38.3 Å². The molecule has 2 atom stereocenters. The Hall–Kier alpha value is -5.19. The van der Waals surface area contributed by atoms with E-state index in [4.69, 9.17) is 4.74 Å². The minimum absolute atomic E-state index is 0.0922. The molecule has 1 aliphatic carbocycles. The van der Waals surface area contributed by atoms with Crippen molar-refractivity contribution in [1.29, 1.82) is 0 Å². The lowest BCUT2D eigenvalue weighted by Gasteiger charge is -2.34. The smallest absolute Gasteiger partial charge is 0.409 e. The number of rotatable bonds is 12.